The summed E-state index contributed by atoms with van der Waals surface area (Å²) >= 11 is 0. The van der Waals surface area contributed by atoms with Gasteiger partial charge in [0.05, 0.1) is 10.6 Å². The average Bonchev–Trinajstić information content (AvgIpc) is 3.06. The van der Waals surface area contributed by atoms with Gasteiger partial charge in [0.15, 0.2) is 9.84 Å². The Hall–Kier alpha value is -2.21. The summed E-state index contributed by atoms with van der Waals surface area (Å²) in [6.07, 6.45) is 4.04. The highest BCUT2D eigenvalue weighted by atomic mass is 32.2. The van der Waals surface area contributed by atoms with Crippen LogP contribution in [0.15, 0.2) is 47.4 Å². The van der Waals surface area contributed by atoms with Crippen LogP contribution in [0.1, 0.15) is 41.6 Å². The molecule has 0 bridgehead atoms. The lowest BCUT2D eigenvalue weighted by molar-refractivity contribution is 0.102. The van der Waals surface area contributed by atoms with E-state index in [1.54, 1.807) is 25.1 Å². The highest BCUT2D eigenvalue weighted by Gasteiger charge is 2.24. The second-order valence-electron chi connectivity index (χ2n) is 6.93. The Labute approximate surface area is 153 Å². The van der Waals surface area contributed by atoms with E-state index < -0.39 is 21.6 Å². The Morgan fingerprint density at radius 2 is 1.88 bits per heavy atom. The van der Waals surface area contributed by atoms with Gasteiger partial charge in [0.25, 0.3) is 5.91 Å². The van der Waals surface area contributed by atoms with E-state index in [4.69, 9.17) is 0 Å². The molecule has 1 aliphatic rings. The summed E-state index contributed by atoms with van der Waals surface area (Å²) in [5.74, 6) is -0.574. The molecule has 1 fully saturated rings. The molecule has 4 nitrogen and oxygen atoms in total. The lowest BCUT2D eigenvalue weighted by Gasteiger charge is -2.11. The minimum atomic E-state index is -3.43. The highest BCUT2D eigenvalue weighted by Crippen LogP contribution is 2.28. The summed E-state index contributed by atoms with van der Waals surface area (Å²) in [5.41, 5.74) is 1.26. The quantitative estimate of drug-likeness (QED) is 0.845. The minimum absolute atomic E-state index is 0.126. The van der Waals surface area contributed by atoms with Crippen molar-refractivity contribution in [2.24, 2.45) is 5.92 Å². The van der Waals surface area contributed by atoms with Crippen molar-refractivity contribution < 1.29 is 17.6 Å². The van der Waals surface area contributed by atoms with Crippen LogP contribution < -0.4 is 5.32 Å². The molecule has 0 heterocycles. The fourth-order valence-electron chi connectivity index (χ4n) is 3.43. The second kappa shape index (κ2) is 7.58. The van der Waals surface area contributed by atoms with Gasteiger partial charge in [0, 0.05) is 11.3 Å². The normalized spacial score (nSPS) is 15.2. The average molecular weight is 375 g/mol. The summed E-state index contributed by atoms with van der Waals surface area (Å²) in [6, 6.07) is 10.3. The zero-order chi connectivity index (χ0) is 18.7. The number of nitrogens with one attached hydrogen (secondary N) is 1. The fraction of sp³-hybridized carbons (Fsp3) is 0.350. The van der Waals surface area contributed by atoms with Gasteiger partial charge in [-0.2, -0.15) is 0 Å². The molecule has 0 spiro atoms. The first kappa shape index (κ1) is 18.6. The first-order valence-corrected chi connectivity index (χ1v) is 10.4. The summed E-state index contributed by atoms with van der Waals surface area (Å²) in [4.78, 5) is 12.6. The molecule has 1 amide bonds. The van der Waals surface area contributed by atoms with Gasteiger partial charge >= 0.3 is 0 Å². The molecule has 0 saturated heterocycles. The number of hydrogen-bond donors (Lipinski definition) is 1. The van der Waals surface area contributed by atoms with Crippen molar-refractivity contribution in [1.29, 1.82) is 0 Å². The number of halogens is 1. The molecule has 0 aromatic heterocycles. The van der Waals surface area contributed by atoms with E-state index in [1.807, 2.05) is 0 Å². The van der Waals surface area contributed by atoms with Crippen molar-refractivity contribution in [3.63, 3.8) is 0 Å². The van der Waals surface area contributed by atoms with Gasteiger partial charge in [0.2, 0.25) is 0 Å². The molecule has 6 heteroatoms. The Kier molecular flexibility index (Phi) is 5.41. The number of aryl methyl sites for hydroxylation is 1. The molecular weight excluding hydrogens is 353 g/mol. The topological polar surface area (TPSA) is 63.2 Å². The predicted molar refractivity (Wildman–Crippen MR) is 99.5 cm³/mol. The van der Waals surface area contributed by atoms with Crippen LogP contribution in [0.5, 0.6) is 0 Å². The molecule has 1 N–H and O–H groups in total. The molecule has 0 unspecified atom stereocenters. The van der Waals surface area contributed by atoms with E-state index in [-0.39, 0.29) is 22.1 Å². The molecule has 1 saturated carbocycles. The lowest BCUT2D eigenvalue weighted by Crippen LogP contribution is -2.16. The molecule has 1 aliphatic carbocycles. The van der Waals surface area contributed by atoms with Gasteiger partial charge in [-0.15, -0.1) is 0 Å². The second-order valence-corrected chi connectivity index (χ2v) is 8.97. The number of benzene rings is 2. The summed E-state index contributed by atoms with van der Waals surface area (Å²) < 4.78 is 38.7. The van der Waals surface area contributed by atoms with Gasteiger partial charge in [-0.3, -0.25) is 4.79 Å². The first-order chi connectivity index (χ1) is 12.3. The van der Waals surface area contributed by atoms with Gasteiger partial charge in [-0.25, -0.2) is 12.8 Å². The van der Waals surface area contributed by atoms with Crippen LogP contribution in [0.3, 0.4) is 0 Å². The molecule has 2 aromatic carbocycles. The smallest absolute Gasteiger partial charge is 0.255 e. The molecule has 0 radical (unpaired) electrons. The summed E-state index contributed by atoms with van der Waals surface area (Å²) in [5, 5.41) is 2.62. The van der Waals surface area contributed by atoms with Crippen LogP contribution in [-0.2, 0) is 9.84 Å². The Bertz CT molecular complexity index is 898. The molecule has 0 aliphatic heterocycles. The van der Waals surface area contributed by atoms with Crippen molar-refractivity contribution in [3.05, 3.63) is 59.4 Å². The minimum Gasteiger partial charge on any atom is -0.322 e. The van der Waals surface area contributed by atoms with Crippen molar-refractivity contribution >= 4 is 21.4 Å². The summed E-state index contributed by atoms with van der Waals surface area (Å²) in [7, 11) is -3.43. The van der Waals surface area contributed by atoms with Crippen LogP contribution in [0.4, 0.5) is 10.1 Å². The maximum Gasteiger partial charge on any atom is 0.255 e. The van der Waals surface area contributed by atoms with E-state index in [9.17, 15) is 17.6 Å². The standard InChI is InChI=1S/C20H22FNO3S/c1-14-9-17(21)12-18(10-14)22-20(23)16-7-4-8-19(11-16)26(24,25)13-15-5-2-3-6-15/h4,7-12,15H,2-3,5-6,13H2,1H3,(H,22,23). The maximum absolute atomic E-state index is 13.5. The van der Waals surface area contributed by atoms with Gasteiger partial charge in [-0.1, -0.05) is 18.9 Å². The van der Waals surface area contributed by atoms with E-state index >= 15 is 0 Å². The van der Waals surface area contributed by atoms with Gasteiger partial charge < -0.3 is 5.32 Å². The van der Waals surface area contributed by atoms with E-state index in [0.29, 0.717) is 11.3 Å². The number of carbonyl (C=O) groups excluding carboxylic acids is 1. The number of sulfone groups is 1. The molecule has 2 aromatic rings. The summed E-state index contributed by atoms with van der Waals surface area (Å²) in [6.45, 7) is 1.73. The first-order valence-electron chi connectivity index (χ1n) is 8.75. The molecule has 3 rings (SSSR count). The van der Waals surface area contributed by atoms with Crippen LogP contribution in [-0.4, -0.2) is 20.1 Å². The SMILES string of the molecule is Cc1cc(F)cc(NC(=O)c2cccc(S(=O)(=O)CC3CCCC3)c2)c1. The van der Waals surface area contributed by atoms with Gasteiger partial charge in [0.1, 0.15) is 5.82 Å². The zero-order valence-electron chi connectivity index (χ0n) is 14.7. The van der Waals surface area contributed by atoms with Crippen molar-refractivity contribution in [3.8, 4) is 0 Å². The third-order valence-electron chi connectivity index (χ3n) is 4.69. The Morgan fingerprint density at radius 1 is 1.15 bits per heavy atom. The van der Waals surface area contributed by atoms with Crippen molar-refractivity contribution in [2.45, 2.75) is 37.5 Å². The fourth-order valence-corrected chi connectivity index (χ4v) is 5.16. The molecule has 138 valence electrons. The largest absolute Gasteiger partial charge is 0.322 e. The van der Waals surface area contributed by atoms with E-state index in [1.165, 1.54) is 24.3 Å². The number of hydrogen-bond acceptors (Lipinski definition) is 3. The van der Waals surface area contributed by atoms with Crippen LogP contribution in [0.25, 0.3) is 0 Å². The van der Waals surface area contributed by atoms with Crippen LogP contribution in [0.2, 0.25) is 0 Å². The van der Waals surface area contributed by atoms with Gasteiger partial charge in [-0.05, 0) is 67.6 Å². The van der Waals surface area contributed by atoms with E-state index in [2.05, 4.69) is 5.32 Å². The van der Waals surface area contributed by atoms with Crippen molar-refractivity contribution in [2.75, 3.05) is 11.1 Å². The predicted octanol–water partition coefficient (Wildman–Crippen LogP) is 4.35. The molecular formula is C20H22FNO3S. The zero-order valence-corrected chi connectivity index (χ0v) is 15.5. The third-order valence-corrected chi connectivity index (χ3v) is 6.57. The highest BCUT2D eigenvalue weighted by molar-refractivity contribution is 7.91. The number of rotatable bonds is 5. The van der Waals surface area contributed by atoms with Crippen LogP contribution in [0, 0.1) is 18.7 Å². The maximum atomic E-state index is 13.5. The number of amides is 1. The van der Waals surface area contributed by atoms with E-state index in [0.717, 1.165) is 25.7 Å². The third kappa shape index (κ3) is 4.49. The Balaban J connectivity index is 1.78. The number of carbonyl (C=O) groups is 1. The lowest BCUT2D eigenvalue weighted by atomic mass is 10.1. The molecule has 26 heavy (non-hydrogen) atoms. The Morgan fingerprint density at radius 3 is 2.58 bits per heavy atom. The molecule has 0 atom stereocenters. The number of anilines is 1. The van der Waals surface area contributed by atoms with Crippen LogP contribution >= 0.6 is 0 Å². The monoisotopic (exact) mass is 375 g/mol. The van der Waals surface area contributed by atoms with Crippen molar-refractivity contribution in [1.82, 2.24) is 0 Å².